The fourth-order valence-corrected chi connectivity index (χ4v) is 5.65. The van der Waals surface area contributed by atoms with E-state index >= 15 is 0 Å². The van der Waals surface area contributed by atoms with Crippen molar-refractivity contribution in [2.24, 2.45) is 5.92 Å². The van der Waals surface area contributed by atoms with E-state index < -0.39 is 10.0 Å². The van der Waals surface area contributed by atoms with Crippen LogP contribution in [-0.4, -0.2) is 55.5 Å². The van der Waals surface area contributed by atoms with E-state index in [0.29, 0.717) is 32.0 Å². The van der Waals surface area contributed by atoms with Crippen molar-refractivity contribution in [1.82, 2.24) is 9.21 Å². The van der Waals surface area contributed by atoms with Crippen molar-refractivity contribution >= 4 is 21.6 Å². The van der Waals surface area contributed by atoms with E-state index in [0.717, 1.165) is 17.8 Å². The van der Waals surface area contributed by atoms with Crippen LogP contribution in [0.3, 0.4) is 0 Å². The summed E-state index contributed by atoms with van der Waals surface area (Å²) in [5.41, 5.74) is 2.02. The zero-order valence-electron chi connectivity index (χ0n) is 17.8. The van der Waals surface area contributed by atoms with Crippen LogP contribution in [0.25, 0.3) is 0 Å². The first-order chi connectivity index (χ1) is 13.9. The summed E-state index contributed by atoms with van der Waals surface area (Å²) in [6.45, 7) is 3.35. The van der Waals surface area contributed by atoms with Crippen molar-refractivity contribution in [2.45, 2.75) is 64.5 Å². The molecule has 1 N–H and O–H groups in total. The van der Waals surface area contributed by atoms with E-state index in [1.165, 1.54) is 36.4 Å². The van der Waals surface area contributed by atoms with Gasteiger partial charge in [-0.1, -0.05) is 37.5 Å². The molecule has 7 heteroatoms. The van der Waals surface area contributed by atoms with Gasteiger partial charge in [-0.3, -0.25) is 9.69 Å². The molecule has 1 aromatic carbocycles. The average Bonchev–Trinajstić information content (AvgIpc) is 2.75. The van der Waals surface area contributed by atoms with Crippen molar-refractivity contribution in [3.05, 3.63) is 29.8 Å². The number of rotatable bonds is 7. The minimum absolute atomic E-state index is 0.00585. The third kappa shape index (κ3) is 5.80. The number of nitrogens with one attached hydrogen (secondary N) is 1. The smallest absolute Gasteiger partial charge is 0.227 e. The highest BCUT2D eigenvalue weighted by molar-refractivity contribution is 7.89. The molecule has 6 nitrogen and oxygen atoms in total. The van der Waals surface area contributed by atoms with Gasteiger partial charge in [0, 0.05) is 37.3 Å². The number of amides is 1. The molecule has 3 rings (SSSR count). The molecule has 1 heterocycles. The molecule has 0 spiro atoms. The molecular formula is C22H35N3O3S. The van der Waals surface area contributed by atoms with Crippen LogP contribution in [0, 0.1) is 5.92 Å². The van der Waals surface area contributed by atoms with E-state index in [2.05, 4.69) is 23.3 Å². The second-order valence-corrected chi connectivity index (χ2v) is 10.7. The van der Waals surface area contributed by atoms with Crippen LogP contribution in [0.4, 0.5) is 5.69 Å². The van der Waals surface area contributed by atoms with Crippen LogP contribution in [0.1, 0.15) is 57.4 Å². The average molecular weight is 422 g/mol. The van der Waals surface area contributed by atoms with Crippen LogP contribution in [0.5, 0.6) is 0 Å². The van der Waals surface area contributed by atoms with Crippen LogP contribution < -0.4 is 5.32 Å². The van der Waals surface area contributed by atoms with Crippen LogP contribution in [-0.2, 0) is 21.4 Å². The van der Waals surface area contributed by atoms with Gasteiger partial charge in [0.15, 0.2) is 0 Å². The number of carbonyl (C=O) groups is 1. The molecule has 1 saturated carbocycles. The molecule has 1 aromatic rings. The van der Waals surface area contributed by atoms with Gasteiger partial charge in [-0.2, -0.15) is 0 Å². The van der Waals surface area contributed by atoms with E-state index in [4.69, 9.17) is 0 Å². The number of hydrogen-bond donors (Lipinski definition) is 1. The Balaban J connectivity index is 1.58. The van der Waals surface area contributed by atoms with Crippen LogP contribution >= 0.6 is 0 Å². The maximum Gasteiger partial charge on any atom is 0.227 e. The fourth-order valence-electron chi connectivity index (χ4n) is 4.51. The molecule has 1 amide bonds. The predicted octanol–water partition coefficient (Wildman–Crippen LogP) is 3.45. The normalized spacial score (nSPS) is 20.1. The first kappa shape index (κ1) is 22.2. The van der Waals surface area contributed by atoms with Gasteiger partial charge >= 0.3 is 0 Å². The van der Waals surface area contributed by atoms with Crippen LogP contribution in [0.15, 0.2) is 24.3 Å². The molecule has 1 saturated heterocycles. The second kappa shape index (κ2) is 10.0. The highest BCUT2D eigenvalue weighted by atomic mass is 32.2. The van der Waals surface area contributed by atoms with Gasteiger partial charge in [0.05, 0.1) is 5.75 Å². The van der Waals surface area contributed by atoms with Gasteiger partial charge in [0.1, 0.15) is 0 Å². The Morgan fingerprint density at radius 3 is 2.41 bits per heavy atom. The molecule has 2 aliphatic rings. The lowest BCUT2D eigenvalue weighted by Gasteiger charge is -2.32. The fraction of sp³-hybridized carbons (Fsp3) is 0.682. The molecule has 2 fully saturated rings. The molecule has 162 valence electrons. The van der Waals surface area contributed by atoms with E-state index in [1.54, 1.807) is 6.92 Å². The van der Waals surface area contributed by atoms with Crippen LogP contribution in [0.2, 0.25) is 0 Å². The molecule has 0 unspecified atom stereocenters. The Bertz CT molecular complexity index is 782. The Hall–Kier alpha value is -1.44. The summed E-state index contributed by atoms with van der Waals surface area (Å²) in [6, 6.07) is 8.66. The van der Waals surface area contributed by atoms with Gasteiger partial charge in [0.25, 0.3) is 0 Å². The summed E-state index contributed by atoms with van der Waals surface area (Å²) in [4.78, 5) is 15.3. The van der Waals surface area contributed by atoms with Crippen molar-refractivity contribution in [3.63, 3.8) is 0 Å². The topological polar surface area (TPSA) is 69.7 Å². The highest BCUT2D eigenvalue weighted by Crippen LogP contribution is 2.26. The van der Waals surface area contributed by atoms with E-state index in [-0.39, 0.29) is 17.6 Å². The van der Waals surface area contributed by atoms with E-state index in [1.807, 2.05) is 18.2 Å². The Morgan fingerprint density at radius 2 is 1.76 bits per heavy atom. The second-order valence-electron chi connectivity index (χ2n) is 8.43. The lowest BCUT2D eigenvalue weighted by Crippen LogP contribution is -2.42. The zero-order chi connectivity index (χ0) is 20.9. The summed E-state index contributed by atoms with van der Waals surface area (Å²) in [6.07, 6.45) is 7.62. The maximum atomic E-state index is 12.8. The molecule has 0 bridgehead atoms. The third-order valence-corrected chi connectivity index (χ3v) is 8.36. The molecule has 0 radical (unpaired) electrons. The third-order valence-electron chi connectivity index (χ3n) is 6.48. The highest BCUT2D eigenvalue weighted by Gasteiger charge is 2.30. The number of sulfonamides is 1. The number of piperidine rings is 1. The minimum Gasteiger partial charge on any atom is -0.326 e. The summed E-state index contributed by atoms with van der Waals surface area (Å²) in [5.74, 6) is -0.0140. The first-order valence-corrected chi connectivity index (χ1v) is 12.6. The van der Waals surface area contributed by atoms with Crippen molar-refractivity contribution < 1.29 is 13.2 Å². The molecule has 0 aromatic heterocycles. The molecule has 0 atom stereocenters. The monoisotopic (exact) mass is 421 g/mol. The maximum absolute atomic E-state index is 12.8. The number of anilines is 1. The minimum atomic E-state index is -3.16. The molecular weight excluding hydrogens is 386 g/mol. The summed E-state index contributed by atoms with van der Waals surface area (Å²) in [5, 5.41) is 3.12. The largest absolute Gasteiger partial charge is 0.326 e. The lowest BCUT2D eigenvalue weighted by molar-refractivity contribution is -0.120. The quantitative estimate of drug-likeness (QED) is 0.732. The van der Waals surface area contributed by atoms with Crippen molar-refractivity contribution in [3.8, 4) is 0 Å². The zero-order valence-corrected chi connectivity index (χ0v) is 18.6. The summed E-state index contributed by atoms with van der Waals surface area (Å²) >= 11 is 0. The standard InChI is InChI=1S/C22H35N3O3S/c1-3-29(27,28)25-15-13-18(14-16-25)22(26)23-21-12-8-7-9-19(21)17-24(2)20-10-5-4-6-11-20/h7-9,12,18,20H,3-6,10-11,13-17H2,1-2H3,(H,23,26). The summed E-state index contributed by atoms with van der Waals surface area (Å²) in [7, 11) is -0.985. The van der Waals surface area contributed by atoms with Crippen molar-refractivity contribution in [1.29, 1.82) is 0 Å². The summed E-state index contributed by atoms with van der Waals surface area (Å²) < 4.78 is 25.6. The Kier molecular flexibility index (Phi) is 7.71. The lowest BCUT2D eigenvalue weighted by atomic mass is 9.94. The first-order valence-electron chi connectivity index (χ1n) is 11.0. The number of carbonyl (C=O) groups excluding carboxylic acids is 1. The number of benzene rings is 1. The van der Waals surface area contributed by atoms with Gasteiger partial charge in [-0.15, -0.1) is 0 Å². The number of nitrogens with zero attached hydrogens (tertiary/aromatic N) is 2. The Labute approximate surface area is 175 Å². The predicted molar refractivity (Wildman–Crippen MR) is 117 cm³/mol. The van der Waals surface area contributed by atoms with Gasteiger partial charge in [-0.25, -0.2) is 12.7 Å². The molecule has 1 aliphatic carbocycles. The molecule has 1 aliphatic heterocycles. The van der Waals surface area contributed by atoms with E-state index in [9.17, 15) is 13.2 Å². The SMILES string of the molecule is CCS(=O)(=O)N1CCC(C(=O)Nc2ccccc2CN(C)C2CCCCC2)CC1. The number of hydrogen-bond acceptors (Lipinski definition) is 4. The number of para-hydroxylation sites is 1. The molecule has 29 heavy (non-hydrogen) atoms. The van der Waals surface area contributed by atoms with Crippen molar-refractivity contribution in [2.75, 3.05) is 31.2 Å². The van der Waals surface area contributed by atoms with Gasteiger partial charge in [0.2, 0.25) is 15.9 Å². The Morgan fingerprint density at radius 1 is 1.10 bits per heavy atom. The van der Waals surface area contributed by atoms with Gasteiger partial charge in [-0.05, 0) is 51.3 Å². The van der Waals surface area contributed by atoms with Gasteiger partial charge < -0.3 is 5.32 Å².